The maximum atomic E-state index is 13.6. The number of pyridine rings is 1. The van der Waals surface area contributed by atoms with Crippen LogP contribution in [-0.2, 0) is 6.54 Å². The van der Waals surface area contributed by atoms with Gasteiger partial charge in [0.05, 0.1) is 5.56 Å². The van der Waals surface area contributed by atoms with E-state index in [2.05, 4.69) is 32.5 Å². The number of rotatable bonds is 6. The Morgan fingerprint density at radius 1 is 1.21 bits per heavy atom. The Morgan fingerprint density at radius 2 is 1.94 bits per heavy atom. The fraction of sp³-hybridized carbons (Fsp3) is 0.462. The summed E-state index contributed by atoms with van der Waals surface area (Å²) in [7, 11) is 1.87. The molecule has 3 aromatic rings. The number of nitrogens with one attached hydrogen (secondary N) is 1. The molecule has 5 rings (SSSR count). The third-order valence-electron chi connectivity index (χ3n) is 7.05. The first-order valence-electron chi connectivity index (χ1n) is 12.1. The minimum Gasteiger partial charge on any atom is -0.356 e. The zero-order valence-electron chi connectivity index (χ0n) is 20.2. The third kappa shape index (κ3) is 4.13. The number of hydrogen-bond donors (Lipinski definition) is 1. The highest BCUT2D eigenvalue weighted by Gasteiger charge is 2.30. The summed E-state index contributed by atoms with van der Waals surface area (Å²) in [6.07, 6.45) is 7.52. The van der Waals surface area contributed by atoms with E-state index in [1.807, 2.05) is 31.9 Å². The van der Waals surface area contributed by atoms with Crippen molar-refractivity contribution >= 4 is 22.6 Å². The van der Waals surface area contributed by atoms with Crippen molar-refractivity contribution in [2.75, 3.05) is 25.0 Å². The van der Waals surface area contributed by atoms with E-state index in [1.165, 1.54) is 12.8 Å². The Morgan fingerprint density at radius 3 is 2.62 bits per heavy atom. The van der Waals surface area contributed by atoms with Crippen molar-refractivity contribution in [3.63, 3.8) is 0 Å². The van der Waals surface area contributed by atoms with Crippen LogP contribution in [0, 0.1) is 13.8 Å². The topological polar surface area (TPSA) is 87.1 Å². The molecule has 0 aromatic carbocycles. The summed E-state index contributed by atoms with van der Waals surface area (Å²) < 4.78 is 1.55. The van der Waals surface area contributed by atoms with E-state index in [-0.39, 0.29) is 17.5 Å². The molecule has 0 bridgehead atoms. The van der Waals surface area contributed by atoms with E-state index >= 15 is 0 Å². The smallest absolute Gasteiger partial charge is 0.275 e. The van der Waals surface area contributed by atoms with Crippen molar-refractivity contribution in [1.82, 2.24) is 24.4 Å². The average Bonchev–Trinajstić information content (AvgIpc) is 3.61. The van der Waals surface area contributed by atoms with Gasteiger partial charge in [-0.3, -0.25) is 9.59 Å². The molecule has 3 aromatic heterocycles. The van der Waals surface area contributed by atoms with Crippen LogP contribution in [0.25, 0.3) is 10.9 Å². The molecule has 2 aliphatic rings. The molecular formula is C26H32N6O2. The number of amides is 1. The van der Waals surface area contributed by atoms with Crippen LogP contribution in [0.3, 0.4) is 0 Å². The van der Waals surface area contributed by atoms with Gasteiger partial charge in [0.2, 0.25) is 0 Å². The van der Waals surface area contributed by atoms with Gasteiger partial charge in [-0.1, -0.05) is 6.08 Å². The summed E-state index contributed by atoms with van der Waals surface area (Å²) in [6.45, 7) is 9.65. The zero-order chi connectivity index (χ0) is 24.0. The number of anilines is 1. The molecule has 8 nitrogen and oxygen atoms in total. The number of aryl methyl sites for hydroxylation is 2. The van der Waals surface area contributed by atoms with Crippen LogP contribution in [-0.4, -0.2) is 56.5 Å². The Balaban J connectivity index is 1.34. The third-order valence-corrected chi connectivity index (χ3v) is 7.05. The molecule has 1 saturated carbocycles. The lowest BCUT2D eigenvalue weighted by molar-refractivity contribution is 0.0710. The highest BCUT2D eigenvalue weighted by Crippen LogP contribution is 2.40. The van der Waals surface area contributed by atoms with Gasteiger partial charge < -0.3 is 19.4 Å². The maximum absolute atomic E-state index is 13.6. The van der Waals surface area contributed by atoms with Gasteiger partial charge in [0, 0.05) is 67.7 Å². The van der Waals surface area contributed by atoms with E-state index in [1.54, 1.807) is 16.8 Å². The van der Waals surface area contributed by atoms with Crippen LogP contribution in [0.4, 0.5) is 5.82 Å². The van der Waals surface area contributed by atoms with Crippen LogP contribution in [0.2, 0.25) is 0 Å². The first kappa shape index (κ1) is 22.4. The van der Waals surface area contributed by atoms with E-state index in [0.717, 1.165) is 49.0 Å². The number of allylic oxidation sites excluding steroid dienone is 1. The molecule has 1 saturated heterocycles. The van der Waals surface area contributed by atoms with Crippen molar-refractivity contribution in [1.29, 1.82) is 0 Å². The number of aromatic amines is 1. The first-order valence-corrected chi connectivity index (χ1v) is 12.1. The van der Waals surface area contributed by atoms with Crippen LogP contribution in [0.15, 0.2) is 35.8 Å². The number of hydrogen-bond acceptors (Lipinski definition) is 5. The fourth-order valence-corrected chi connectivity index (χ4v) is 5.01. The largest absolute Gasteiger partial charge is 0.356 e. The van der Waals surface area contributed by atoms with Crippen molar-refractivity contribution in [2.45, 2.75) is 58.0 Å². The summed E-state index contributed by atoms with van der Waals surface area (Å²) in [5.74, 6) is 2.37. The Kier molecular flexibility index (Phi) is 5.75. The summed E-state index contributed by atoms with van der Waals surface area (Å²) >= 11 is 0. The van der Waals surface area contributed by atoms with Crippen molar-refractivity contribution in [3.05, 3.63) is 64.1 Å². The lowest BCUT2D eigenvalue weighted by Gasteiger charge is -2.37. The predicted octanol–water partition coefficient (Wildman–Crippen LogP) is 3.54. The molecular weight excluding hydrogens is 428 g/mol. The van der Waals surface area contributed by atoms with E-state index in [4.69, 9.17) is 0 Å². The number of carbonyl (C=O) groups is 1. The second kappa shape index (κ2) is 8.74. The van der Waals surface area contributed by atoms with E-state index in [0.29, 0.717) is 28.9 Å². The maximum Gasteiger partial charge on any atom is 0.275 e. The van der Waals surface area contributed by atoms with Gasteiger partial charge in [-0.15, -0.1) is 6.58 Å². The molecule has 0 spiro atoms. The molecule has 0 radical (unpaired) electrons. The number of H-pyrrole nitrogens is 1. The highest BCUT2D eigenvalue weighted by molar-refractivity contribution is 6.06. The summed E-state index contributed by atoms with van der Waals surface area (Å²) in [6, 6.07) is 4.16. The average molecular weight is 461 g/mol. The molecule has 1 aliphatic heterocycles. The van der Waals surface area contributed by atoms with Gasteiger partial charge in [0.15, 0.2) is 0 Å². The molecule has 1 amide bonds. The minimum atomic E-state index is -0.138. The molecule has 0 unspecified atom stereocenters. The standard InChI is InChI=1S/C26H32N6O2/c1-5-10-32-15-21(20-13-16(2)27-24(20)26(32)34)25(33)30(4)19-8-11-31(12-9-19)23-14-22(18-6-7-18)28-17(3)29-23/h5,13-15,18-19,27H,1,6-12H2,2-4H3. The summed E-state index contributed by atoms with van der Waals surface area (Å²) in [4.78, 5) is 43.0. The predicted molar refractivity (Wildman–Crippen MR) is 134 cm³/mol. The molecule has 8 heteroatoms. The minimum absolute atomic E-state index is 0.0610. The zero-order valence-corrected chi connectivity index (χ0v) is 20.2. The van der Waals surface area contributed by atoms with Crippen LogP contribution >= 0.6 is 0 Å². The Bertz CT molecular complexity index is 1310. The van der Waals surface area contributed by atoms with Gasteiger partial charge in [-0.05, 0) is 45.6 Å². The molecule has 2 fully saturated rings. The van der Waals surface area contributed by atoms with Gasteiger partial charge in [0.25, 0.3) is 11.5 Å². The summed E-state index contributed by atoms with van der Waals surface area (Å²) in [5, 5.41) is 0.682. The molecule has 4 heterocycles. The monoisotopic (exact) mass is 460 g/mol. The van der Waals surface area contributed by atoms with Gasteiger partial charge in [-0.25, -0.2) is 9.97 Å². The molecule has 0 atom stereocenters. The Labute approximate surface area is 199 Å². The normalized spacial score (nSPS) is 16.7. The van der Waals surface area contributed by atoms with Gasteiger partial charge in [-0.2, -0.15) is 0 Å². The van der Waals surface area contributed by atoms with E-state index < -0.39 is 0 Å². The van der Waals surface area contributed by atoms with Crippen LogP contribution in [0.5, 0.6) is 0 Å². The molecule has 178 valence electrons. The van der Waals surface area contributed by atoms with Gasteiger partial charge in [0.1, 0.15) is 17.2 Å². The van der Waals surface area contributed by atoms with Crippen LogP contribution in [0.1, 0.15) is 59.2 Å². The highest BCUT2D eigenvalue weighted by atomic mass is 16.2. The first-order chi connectivity index (χ1) is 16.4. The number of aromatic nitrogens is 4. The van der Waals surface area contributed by atoms with Crippen molar-refractivity contribution < 1.29 is 4.79 Å². The second-order valence-electron chi connectivity index (χ2n) is 9.64. The molecule has 1 N–H and O–H groups in total. The SMILES string of the molecule is C=CCn1cc(C(=O)N(C)C2CCN(c3cc(C4CC4)nc(C)n3)CC2)c2cc(C)[nH]c2c1=O. The lowest BCUT2D eigenvalue weighted by atomic mass is 10.0. The molecule has 34 heavy (non-hydrogen) atoms. The lowest BCUT2D eigenvalue weighted by Crippen LogP contribution is -2.46. The van der Waals surface area contributed by atoms with Crippen molar-refractivity contribution in [3.8, 4) is 0 Å². The number of piperidine rings is 1. The van der Waals surface area contributed by atoms with Gasteiger partial charge >= 0.3 is 0 Å². The second-order valence-corrected chi connectivity index (χ2v) is 9.64. The summed E-state index contributed by atoms with van der Waals surface area (Å²) in [5.41, 5.74) is 2.91. The molecule has 1 aliphatic carbocycles. The number of carbonyl (C=O) groups excluding carboxylic acids is 1. The Hall–Kier alpha value is -3.42. The van der Waals surface area contributed by atoms with E-state index in [9.17, 15) is 9.59 Å². The number of fused-ring (bicyclic) bond motifs is 1. The van der Waals surface area contributed by atoms with Crippen LogP contribution < -0.4 is 10.5 Å². The fourth-order valence-electron chi connectivity index (χ4n) is 5.01. The quantitative estimate of drug-likeness (QED) is 0.569. The number of nitrogens with zero attached hydrogens (tertiary/aromatic N) is 5. The van der Waals surface area contributed by atoms with Crippen molar-refractivity contribution in [2.24, 2.45) is 0 Å².